The molecule has 1 atom stereocenters. The third-order valence-corrected chi connectivity index (χ3v) is 6.81. The van der Waals surface area contributed by atoms with Crippen molar-refractivity contribution >= 4 is 18.0 Å². The van der Waals surface area contributed by atoms with E-state index in [0.717, 1.165) is 17.5 Å². The Morgan fingerprint density at radius 3 is 2.17 bits per heavy atom. The van der Waals surface area contributed by atoms with E-state index in [1.54, 1.807) is 4.90 Å². The molecule has 2 aromatic carbocycles. The van der Waals surface area contributed by atoms with E-state index >= 15 is 0 Å². The molecular formula is C27H33N3O5. The third kappa shape index (κ3) is 6.00. The summed E-state index contributed by atoms with van der Waals surface area (Å²) < 4.78 is 5.66. The maximum absolute atomic E-state index is 12.8. The predicted molar refractivity (Wildman–Crippen MR) is 132 cm³/mol. The number of carboxylic acids is 1. The summed E-state index contributed by atoms with van der Waals surface area (Å²) in [5, 5.41) is 11.8. The average molecular weight is 480 g/mol. The van der Waals surface area contributed by atoms with Crippen LogP contribution in [-0.4, -0.2) is 78.2 Å². The maximum atomic E-state index is 12.8. The van der Waals surface area contributed by atoms with Gasteiger partial charge in [-0.1, -0.05) is 61.9 Å². The van der Waals surface area contributed by atoms with Crippen LogP contribution in [0.5, 0.6) is 0 Å². The van der Waals surface area contributed by atoms with Crippen LogP contribution in [0.4, 0.5) is 4.79 Å². The Morgan fingerprint density at radius 2 is 1.60 bits per heavy atom. The van der Waals surface area contributed by atoms with Crippen molar-refractivity contribution in [2.24, 2.45) is 0 Å². The Hall–Kier alpha value is -3.39. The molecule has 186 valence electrons. The number of hydrogen-bond donors (Lipinski definition) is 2. The van der Waals surface area contributed by atoms with Crippen molar-refractivity contribution < 1.29 is 24.2 Å². The number of alkyl carbamates (subject to hydrolysis) is 1. The molecule has 2 N–H and O–H groups in total. The second kappa shape index (κ2) is 11.4. The summed E-state index contributed by atoms with van der Waals surface area (Å²) in [4.78, 5) is 40.0. The number of nitrogens with one attached hydrogen (secondary N) is 1. The highest BCUT2D eigenvalue weighted by Crippen LogP contribution is 2.44. The van der Waals surface area contributed by atoms with E-state index in [2.05, 4.69) is 29.6 Å². The lowest BCUT2D eigenvalue weighted by Gasteiger charge is -2.34. The van der Waals surface area contributed by atoms with Crippen LogP contribution in [0.25, 0.3) is 11.1 Å². The molecule has 35 heavy (non-hydrogen) atoms. The Morgan fingerprint density at radius 1 is 1.00 bits per heavy atom. The number of benzene rings is 2. The van der Waals surface area contributed by atoms with Gasteiger partial charge in [-0.25, -0.2) is 4.79 Å². The summed E-state index contributed by atoms with van der Waals surface area (Å²) >= 11 is 0. The smallest absolute Gasteiger partial charge is 0.407 e. The van der Waals surface area contributed by atoms with Gasteiger partial charge in [-0.3, -0.25) is 14.5 Å². The lowest BCUT2D eigenvalue weighted by atomic mass is 9.98. The van der Waals surface area contributed by atoms with Crippen LogP contribution in [0.15, 0.2) is 48.5 Å². The van der Waals surface area contributed by atoms with E-state index in [0.29, 0.717) is 32.6 Å². The average Bonchev–Trinajstić information content (AvgIpc) is 3.16. The first kappa shape index (κ1) is 24.7. The molecule has 8 nitrogen and oxygen atoms in total. The monoisotopic (exact) mass is 479 g/mol. The number of carboxylic acid groups (broad SMARTS) is 1. The lowest BCUT2D eigenvalue weighted by Crippen LogP contribution is -2.51. The summed E-state index contributed by atoms with van der Waals surface area (Å²) in [7, 11) is 0. The number of amides is 2. The molecule has 2 amide bonds. The largest absolute Gasteiger partial charge is 0.480 e. The van der Waals surface area contributed by atoms with E-state index < -0.39 is 12.1 Å². The second-order valence-corrected chi connectivity index (χ2v) is 9.21. The van der Waals surface area contributed by atoms with Crippen LogP contribution >= 0.6 is 0 Å². The molecule has 1 saturated heterocycles. The number of ether oxygens (including phenoxy) is 1. The lowest BCUT2D eigenvalue weighted by molar-refractivity contribution is -0.139. The molecule has 0 saturated carbocycles. The molecular weight excluding hydrogens is 446 g/mol. The number of nitrogens with zero attached hydrogens (tertiary/aromatic N) is 2. The van der Waals surface area contributed by atoms with E-state index in [9.17, 15) is 14.4 Å². The maximum Gasteiger partial charge on any atom is 0.407 e. The molecule has 2 aromatic rings. The van der Waals surface area contributed by atoms with Crippen LogP contribution in [0.1, 0.15) is 43.2 Å². The predicted octanol–water partition coefficient (Wildman–Crippen LogP) is 3.31. The van der Waals surface area contributed by atoms with Crippen molar-refractivity contribution in [3.8, 4) is 11.1 Å². The number of carbonyl (C=O) groups excluding carboxylic acids is 2. The SMILES string of the molecule is CCCC(CC(=O)N1CCN(CC(=O)O)CC1)NC(=O)OCC1c2ccccc2-c2ccccc21. The summed E-state index contributed by atoms with van der Waals surface area (Å²) in [6.07, 6.45) is 1.20. The van der Waals surface area contributed by atoms with Gasteiger partial charge >= 0.3 is 12.1 Å². The van der Waals surface area contributed by atoms with E-state index in [4.69, 9.17) is 9.84 Å². The molecule has 1 unspecified atom stereocenters. The van der Waals surface area contributed by atoms with Crippen molar-refractivity contribution in [3.05, 3.63) is 59.7 Å². The van der Waals surface area contributed by atoms with Crippen molar-refractivity contribution in [1.29, 1.82) is 0 Å². The van der Waals surface area contributed by atoms with Gasteiger partial charge in [-0.15, -0.1) is 0 Å². The summed E-state index contributed by atoms with van der Waals surface area (Å²) in [5.74, 6) is -0.904. The van der Waals surface area contributed by atoms with E-state index in [1.165, 1.54) is 11.1 Å². The molecule has 1 aliphatic heterocycles. The summed E-state index contributed by atoms with van der Waals surface area (Å²) in [6.45, 7) is 4.31. The first-order chi connectivity index (χ1) is 17.0. The standard InChI is InChI=1S/C27H33N3O5/c1-2-7-19(16-25(31)30-14-12-29(13-15-30)17-26(32)33)28-27(34)35-18-24-22-10-5-3-8-20(22)21-9-4-6-11-23(21)24/h3-6,8-11,19,24H,2,7,12-18H2,1H3,(H,28,34)(H,32,33). The number of fused-ring (bicyclic) bond motifs is 3. The topological polar surface area (TPSA) is 99.2 Å². The van der Waals surface area contributed by atoms with Crippen LogP contribution in [0, 0.1) is 0 Å². The highest BCUT2D eigenvalue weighted by atomic mass is 16.5. The molecule has 0 spiro atoms. The van der Waals surface area contributed by atoms with Gasteiger partial charge in [0, 0.05) is 44.6 Å². The van der Waals surface area contributed by atoms with Gasteiger partial charge in [0.15, 0.2) is 0 Å². The van der Waals surface area contributed by atoms with Gasteiger partial charge < -0.3 is 20.1 Å². The number of rotatable bonds is 9. The fourth-order valence-corrected chi connectivity index (χ4v) is 5.07. The minimum atomic E-state index is -0.861. The minimum absolute atomic E-state index is 0.0101. The fourth-order valence-electron chi connectivity index (χ4n) is 5.07. The molecule has 1 fully saturated rings. The van der Waals surface area contributed by atoms with Crippen molar-refractivity contribution in [3.63, 3.8) is 0 Å². The quantitative estimate of drug-likeness (QED) is 0.573. The summed E-state index contributed by atoms with van der Waals surface area (Å²) in [5.41, 5.74) is 4.66. The van der Waals surface area contributed by atoms with E-state index in [1.807, 2.05) is 36.1 Å². The van der Waals surface area contributed by atoms with Crippen LogP contribution in [0.2, 0.25) is 0 Å². The van der Waals surface area contributed by atoms with Crippen molar-refractivity contribution in [2.75, 3.05) is 39.3 Å². The van der Waals surface area contributed by atoms with Gasteiger partial charge in [-0.2, -0.15) is 0 Å². The second-order valence-electron chi connectivity index (χ2n) is 9.21. The Kier molecular flexibility index (Phi) is 8.02. The molecule has 1 aliphatic carbocycles. The molecule has 1 heterocycles. The normalized spacial score (nSPS) is 16.3. The van der Waals surface area contributed by atoms with Crippen LogP contribution in [0.3, 0.4) is 0 Å². The Balaban J connectivity index is 1.30. The van der Waals surface area contributed by atoms with Crippen molar-refractivity contribution in [1.82, 2.24) is 15.1 Å². The zero-order valence-corrected chi connectivity index (χ0v) is 20.1. The first-order valence-electron chi connectivity index (χ1n) is 12.3. The van der Waals surface area contributed by atoms with Crippen molar-refractivity contribution in [2.45, 2.75) is 38.1 Å². The van der Waals surface area contributed by atoms with Crippen LogP contribution < -0.4 is 5.32 Å². The van der Waals surface area contributed by atoms with E-state index in [-0.39, 0.29) is 37.4 Å². The minimum Gasteiger partial charge on any atom is -0.480 e. The van der Waals surface area contributed by atoms with Gasteiger partial charge in [0.25, 0.3) is 0 Å². The molecule has 8 heteroatoms. The summed E-state index contributed by atoms with van der Waals surface area (Å²) in [6, 6.07) is 16.1. The molecule has 2 aliphatic rings. The Labute approximate surface area is 205 Å². The highest BCUT2D eigenvalue weighted by Gasteiger charge is 2.30. The number of carbonyl (C=O) groups is 3. The number of hydrogen-bond acceptors (Lipinski definition) is 5. The molecule has 0 aromatic heterocycles. The third-order valence-electron chi connectivity index (χ3n) is 6.81. The first-order valence-corrected chi connectivity index (χ1v) is 12.3. The fraction of sp³-hybridized carbons (Fsp3) is 0.444. The van der Waals surface area contributed by atoms with Gasteiger partial charge in [0.1, 0.15) is 6.61 Å². The zero-order chi connectivity index (χ0) is 24.8. The van der Waals surface area contributed by atoms with Crippen LogP contribution in [-0.2, 0) is 14.3 Å². The molecule has 0 bridgehead atoms. The zero-order valence-electron chi connectivity index (χ0n) is 20.1. The number of piperazine rings is 1. The molecule has 0 radical (unpaired) electrons. The van der Waals surface area contributed by atoms with Gasteiger partial charge in [0.05, 0.1) is 6.54 Å². The molecule has 4 rings (SSSR count). The van der Waals surface area contributed by atoms with Gasteiger partial charge in [-0.05, 0) is 28.7 Å². The Bertz CT molecular complexity index is 1020. The number of aliphatic carboxylic acids is 1. The highest BCUT2D eigenvalue weighted by molar-refractivity contribution is 5.80. The van der Waals surface area contributed by atoms with Gasteiger partial charge in [0.2, 0.25) is 5.91 Å².